The van der Waals surface area contributed by atoms with E-state index in [0.29, 0.717) is 6.54 Å². The van der Waals surface area contributed by atoms with E-state index in [9.17, 15) is 0 Å². The third kappa shape index (κ3) is 4.03. The molecule has 26 heavy (non-hydrogen) atoms. The van der Waals surface area contributed by atoms with Gasteiger partial charge in [0.05, 0.1) is 24.6 Å². The second-order valence-corrected chi connectivity index (χ2v) is 6.17. The summed E-state index contributed by atoms with van der Waals surface area (Å²) in [6, 6.07) is 4.06. The number of anilines is 1. The van der Waals surface area contributed by atoms with Crippen LogP contribution in [0, 0.1) is 0 Å². The second-order valence-electron chi connectivity index (χ2n) is 6.17. The Balaban J connectivity index is 2.08. The summed E-state index contributed by atoms with van der Waals surface area (Å²) >= 11 is 0. The van der Waals surface area contributed by atoms with Gasteiger partial charge < -0.3 is 15.4 Å². The van der Waals surface area contributed by atoms with Crippen LogP contribution in [0.15, 0.2) is 42.5 Å². The van der Waals surface area contributed by atoms with Gasteiger partial charge in [0.15, 0.2) is 5.65 Å². The van der Waals surface area contributed by atoms with Crippen molar-refractivity contribution in [3.05, 3.63) is 53.9 Å². The number of hydrogen-bond acceptors (Lipinski definition) is 5. The molecule has 0 spiro atoms. The molecule has 3 heterocycles. The number of ether oxygens (including phenoxy) is 1. The van der Waals surface area contributed by atoms with Crippen molar-refractivity contribution >= 4 is 17.0 Å². The van der Waals surface area contributed by atoms with Crippen molar-refractivity contribution in [3.63, 3.8) is 0 Å². The van der Waals surface area contributed by atoms with E-state index in [-0.39, 0.29) is 0 Å². The van der Waals surface area contributed by atoms with Gasteiger partial charge in [0, 0.05) is 37.3 Å². The summed E-state index contributed by atoms with van der Waals surface area (Å²) in [7, 11) is 0. The molecule has 0 unspecified atom stereocenters. The number of aromatic nitrogens is 3. The van der Waals surface area contributed by atoms with E-state index < -0.39 is 0 Å². The van der Waals surface area contributed by atoms with Crippen molar-refractivity contribution in [3.8, 4) is 0 Å². The first-order valence-electron chi connectivity index (χ1n) is 9.19. The summed E-state index contributed by atoms with van der Waals surface area (Å²) in [5.74, 6) is 1.02. The SMILES string of the molecule is C\C=C/C(=C\C=C\CC)c1cc2nc(CN)cc(N3CCOCC3)n2n1. The highest BCUT2D eigenvalue weighted by molar-refractivity contribution is 5.75. The Bertz CT molecular complexity index is 828. The lowest BCUT2D eigenvalue weighted by Crippen LogP contribution is -2.37. The highest BCUT2D eigenvalue weighted by Crippen LogP contribution is 2.23. The maximum absolute atomic E-state index is 5.87. The van der Waals surface area contributed by atoms with Crippen molar-refractivity contribution in [2.75, 3.05) is 31.2 Å². The number of nitrogens with zero attached hydrogens (tertiary/aromatic N) is 4. The predicted molar refractivity (Wildman–Crippen MR) is 106 cm³/mol. The molecule has 0 atom stereocenters. The lowest BCUT2D eigenvalue weighted by atomic mass is 10.1. The molecule has 1 aliphatic heterocycles. The van der Waals surface area contributed by atoms with Crippen LogP contribution < -0.4 is 10.6 Å². The zero-order valence-electron chi connectivity index (χ0n) is 15.6. The average Bonchev–Trinajstić information content (AvgIpc) is 3.11. The fourth-order valence-electron chi connectivity index (χ4n) is 2.99. The predicted octanol–water partition coefficient (Wildman–Crippen LogP) is 2.95. The number of hydrogen-bond donors (Lipinski definition) is 1. The smallest absolute Gasteiger partial charge is 0.158 e. The zero-order chi connectivity index (χ0) is 18.4. The van der Waals surface area contributed by atoms with E-state index in [4.69, 9.17) is 15.6 Å². The molecule has 2 aromatic rings. The number of fused-ring (bicyclic) bond motifs is 1. The van der Waals surface area contributed by atoms with Gasteiger partial charge in [-0.05, 0) is 13.3 Å². The summed E-state index contributed by atoms with van der Waals surface area (Å²) in [5.41, 5.74) is 9.52. The molecule has 138 valence electrons. The first-order chi connectivity index (χ1) is 12.8. The Kier molecular flexibility index (Phi) is 6.20. The van der Waals surface area contributed by atoms with Crippen LogP contribution >= 0.6 is 0 Å². The fraction of sp³-hybridized carbons (Fsp3) is 0.400. The third-order valence-electron chi connectivity index (χ3n) is 4.30. The lowest BCUT2D eigenvalue weighted by Gasteiger charge is -2.29. The van der Waals surface area contributed by atoms with Gasteiger partial charge in [0.25, 0.3) is 0 Å². The molecule has 2 aromatic heterocycles. The number of allylic oxidation sites excluding steroid dienone is 6. The fourth-order valence-corrected chi connectivity index (χ4v) is 2.99. The monoisotopic (exact) mass is 353 g/mol. The van der Waals surface area contributed by atoms with Crippen LogP contribution in [0.4, 0.5) is 5.82 Å². The van der Waals surface area contributed by atoms with Gasteiger partial charge in [-0.3, -0.25) is 0 Å². The van der Waals surface area contributed by atoms with Crippen LogP contribution in [-0.2, 0) is 11.3 Å². The minimum absolute atomic E-state index is 0.408. The quantitative estimate of drug-likeness (QED) is 0.809. The van der Waals surface area contributed by atoms with Gasteiger partial charge in [-0.2, -0.15) is 9.61 Å². The van der Waals surface area contributed by atoms with Gasteiger partial charge in [-0.1, -0.05) is 37.3 Å². The van der Waals surface area contributed by atoms with E-state index in [0.717, 1.165) is 61.2 Å². The summed E-state index contributed by atoms with van der Waals surface area (Å²) in [4.78, 5) is 6.94. The van der Waals surface area contributed by atoms with Crippen molar-refractivity contribution in [2.24, 2.45) is 5.73 Å². The Morgan fingerprint density at radius 2 is 2.12 bits per heavy atom. The highest BCUT2D eigenvalue weighted by Gasteiger charge is 2.18. The molecule has 0 aliphatic carbocycles. The van der Waals surface area contributed by atoms with Gasteiger partial charge in [-0.15, -0.1) is 0 Å². The van der Waals surface area contributed by atoms with E-state index >= 15 is 0 Å². The third-order valence-corrected chi connectivity index (χ3v) is 4.30. The Hall–Kier alpha value is -2.44. The van der Waals surface area contributed by atoms with E-state index in [1.54, 1.807) is 0 Å². The molecule has 6 nitrogen and oxygen atoms in total. The van der Waals surface area contributed by atoms with Crippen LogP contribution in [0.5, 0.6) is 0 Å². The van der Waals surface area contributed by atoms with Crippen molar-refractivity contribution in [2.45, 2.75) is 26.8 Å². The zero-order valence-corrected chi connectivity index (χ0v) is 15.6. The van der Waals surface area contributed by atoms with Gasteiger partial charge >= 0.3 is 0 Å². The molecule has 2 N–H and O–H groups in total. The summed E-state index contributed by atoms with van der Waals surface area (Å²) < 4.78 is 7.40. The molecular formula is C20H27N5O. The Morgan fingerprint density at radius 3 is 2.81 bits per heavy atom. The number of nitrogens with two attached hydrogens (primary N) is 1. The Morgan fingerprint density at radius 1 is 1.31 bits per heavy atom. The number of morpholine rings is 1. The molecule has 6 heteroatoms. The molecular weight excluding hydrogens is 326 g/mol. The molecule has 1 fully saturated rings. The molecule has 3 rings (SSSR count). The minimum Gasteiger partial charge on any atom is -0.378 e. The van der Waals surface area contributed by atoms with Crippen molar-refractivity contribution in [1.82, 2.24) is 14.6 Å². The van der Waals surface area contributed by atoms with Crippen LogP contribution in [-0.4, -0.2) is 40.9 Å². The molecule has 0 bridgehead atoms. The summed E-state index contributed by atoms with van der Waals surface area (Å²) in [5, 5.41) is 4.84. The van der Waals surface area contributed by atoms with Crippen LogP contribution in [0.3, 0.4) is 0 Å². The number of rotatable bonds is 6. The molecule has 0 saturated carbocycles. The normalized spacial score (nSPS) is 16.4. The van der Waals surface area contributed by atoms with E-state index in [1.807, 2.05) is 29.6 Å². The van der Waals surface area contributed by atoms with E-state index in [1.165, 1.54) is 0 Å². The van der Waals surface area contributed by atoms with Gasteiger partial charge in [0.2, 0.25) is 0 Å². The standard InChI is InChI=1S/C20H27N5O/c1-3-5-6-8-16(7-4-2)18-14-19-22-17(15-21)13-20(25(19)23-18)24-9-11-26-12-10-24/h4-8,13-14H,3,9-12,15,21H2,1-2H3/b6-5+,7-4-,16-8+. The first kappa shape index (κ1) is 18.4. The van der Waals surface area contributed by atoms with Gasteiger partial charge in [-0.25, -0.2) is 4.98 Å². The molecule has 0 aromatic carbocycles. The first-order valence-corrected chi connectivity index (χ1v) is 9.19. The van der Waals surface area contributed by atoms with Gasteiger partial charge in [0.1, 0.15) is 5.82 Å². The molecule has 0 amide bonds. The topological polar surface area (TPSA) is 68.7 Å². The maximum atomic E-state index is 5.87. The molecule has 1 aliphatic rings. The van der Waals surface area contributed by atoms with Crippen LogP contribution in [0.25, 0.3) is 11.2 Å². The lowest BCUT2D eigenvalue weighted by molar-refractivity contribution is 0.122. The second kappa shape index (κ2) is 8.78. The largest absolute Gasteiger partial charge is 0.378 e. The van der Waals surface area contributed by atoms with Crippen LogP contribution in [0.2, 0.25) is 0 Å². The highest BCUT2D eigenvalue weighted by atomic mass is 16.5. The summed E-state index contributed by atoms with van der Waals surface area (Å²) in [6.07, 6.45) is 11.4. The Labute approximate surface area is 154 Å². The molecule has 0 radical (unpaired) electrons. The summed E-state index contributed by atoms with van der Waals surface area (Å²) in [6.45, 7) is 7.67. The van der Waals surface area contributed by atoms with Crippen molar-refractivity contribution in [1.29, 1.82) is 0 Å². The van der Waals surface area contributed by atoms with Crippen molar-refractivity contribution < 1.29 is 4.74 Å². The maximum Gasteiger partial charge on any atom is 0.158 e. The minimum atomic E-state index is 0.408. The van der Waals surface area contributed by atoms with E-state index in [2.05, 4.69) is 41.1 Å². The molecule has 1 saturated heterocycles. The van der Waals surface area contributed by atoms with Crippen LogP contribution in [0.1, 0.15) is 31.7 Å². The average molecular weight is 353 g/mol.